The first-order valence-electron chi connectivity index (χ1n) is 4.43. The topological polar surface area (TPSA) is 121 Å². The van der Waals surface area contributed by atoms with Crippen LogP contribution in [0.2, 0.25) is 0 Å². The van der Waals surface area contributed by atoms with Crippen molar-refractivity contribution in [3.63, 3.8) is 0 Å². The average molecular weight is 278 g/mol. The molecular formula is C8H16NaO7P. The fourth-order valence-corrected chi connectivity index (χ4v) is 1.60. The van der Waals surface area contributed by atoms with Crippen molar-refractivity contribution in [1.82, 2.24) is 0 Å². The van der Waals surface area contributed by atoms with Gasteiger partial charge in [0.25, 0.3) is 0 Å². The fraction of sp³-hybridized carbons (Fsp3) is 0.750. The molecular weight excluding hydrogens is 262 g/mol. The van der Waals surface area contributed by atoms with Gasteiger partial charge in [-0.15, -0.1) is 0 Å². The summed E-state index contributed by atoms with van der Waals surface area (Å²) in [5.74, 6) is -2.68. The van der Waals surface area contributed by atoms with Gasteiger partial charge in [0.1, 0.15) is 5.60 Å². The molecule has 0 aliphatic rings. The number of aliphatic carboxylic acids is 1. The molecule has 1 atom stereocenters. The van der Waals surface area contributed by atoms with E-state index in [1.807, 2.05) is 0 Å². The van der Waals surface area contributed by atoms with Gasteiger partial charge in [-0.05, 0) is 20.8 Å². The maximum absolute atomic E-state index is 11.4. The Morgan fingerprint density at radius 1 is 1.29 bits per heavy atom. The van der Waals surface area contributed by atoms with Crippen LogP contribution in [0.25, 0.3) is 0 Å². The molecule has 96 valence electrons. The molecule has 0 amide bonds. The summed E-state index contributed by atoms with van der Waals surface area (Å²) in [6, 6.07) is 0. The summed E-state index contributed by atoms with van der Waals surface area (Å²) in [6.45, 7) is 4.55. The van der Waals surface area contributed by atoms with Crippen LogP contribution in [0.15, 0.2) is 0 Å². The number of hydrogen-bond donors (Lipinski definition) is 3. The van der Waals surface area contributed by atoms with Crippen molar-refractivity contribution in [2.45, 2.75) is 38.5 Å². The first-order valence-corrected chi connectivity index (χ1v) is 6.11. The molecule has 0 aromatic rings. The van der Waals surface area contributed by atoms with Crippen molar-refractivity contribution in [3.05, 3.63) is 0 Å². The molecule has 0 heterocycles. The molecule has 0 bridgehead atoms. The summed E-state index contributed by atoms with van der Waals surface area (Å²) in [4.78, 5) is 39.4. The van der Waals surface area contributed by atoms with Crippen LogP contribution in [0.3, 0.4) is 0 Å². The number of carbonyl (C=O) groups excluding carboxylic acids is 1. The Hall–Kier alpha value is 0.0900. The van der Waals surface area contributed by atoms with E-state index >= 15 is 0 Å². The van der Waals surface area contributed by atoms with Crippen LogP contribution in [0.1, 0.15) is 27.2 Å². The monoisotopic (exact) mass is 278 g/mol. The summed E-state index contributed by atoms with van der Waals surface area (Å²) >= 11 is 0. The Labute approximate surface area is 121 Å². The van der Waals surface area contributed by atoms with Crippen LogP contribution < -0.4 is 0 Å². The third kappa shape index (κ3) is 8.77. The van der Waals surface area contributed by atoms with Gasteiger partial charge in [0.05, 0.1) is 6.42 Å². The molecule has 0 fully saturated rings. The van der Waals surface area contributed by atoms with E-state index < -0.39 is 37.2 Å². The first kappa shape index (κ1) is 19.4. The standard InChI is InChI=1S/C8H15O7P.Na.H/c1-8(2,3)15-7(11)5(4-6(9)10)16(12,13)14;;/h5H,4H2,1-3H3,(H,9,10)(H2,12,13,14);;. The summed E-state index contributed by atoms with van der Waals surface area (Å²) in [5, 5.41) is 8.44. The summed E-state index contributed by atoms with van der Waals surface area (Å²) in [6.07, 6.45) is -0.959. The van der Waals surface area contributed by atoms with E-state index in [0.29, 0.717) is 0 Å². The van der Waals surface area contributed by atoms with Crippen LogP contribution in [0.4, 0.5) is 0 Å². The third-order valence-electron chi connectivity index (χ3n) is 1.45. The van der Waals surface area contributed by atoms with Gasteiger partial charge in [-0.1, -0.05) is 0 Å². The zero-order valence-corrected chi connectivity index (χ0v) is 10.1. The minimum atomic E-state index is -4.83. The van der Waals surface area contributed by atoms with E-state index in [2.05, 4.69) is 0 Å². The Balaban J connectivity index is 0. The summed E-state index contributed by atoms with van der Waals surface area (Å²) in [7, 11) is -4.83. The predicted molar refractivity (Wildman–Crippen MR) is 61.1 cm³/mol. The number of ether oxygens (including phenoxy) is 1. The molecule has 0 rings (SSSR count). The molecule has 0 radical (unpaired) electrons. The maximum atomic E-state index is 11.4. The zero-order chi connectivity index (χ0) is 13.1. The number of carboxylic acids is 1. The number of esters is 1. The molecule has 0 saturated carbocycles. The van der Waals surface area contributed by atoms with Gasteiger partial charge in [0.15, 0.2) is 5.66 Å². The van der Waals surface area contributed by atoms with Gasteiger partial charge in [0.2, 0.25) is 0 Å². The number of hydrogen-bond acceptors (Lipinski definition) is 4. The zero-order valence-electron chi connectivity index (χ0n) is 9.21. The average Bonchev–Trinajstić information content (AvgIpc) is 1.93. The molecule has 7 nitrogen and oxygen atoms in total. The van der Waals surface area contributed by atoms with Crippen molar-refractivity contribution in [2.75, 3.05) is 0 Å². The van der Waals surface area contributed by atoms with Gasteiger partial charge < -0.3 is 19.6 Å². The van der Waals surface area contributed by atoms with E-state index in [4.69, 9.17) is 19.6 Å². The third-order valence-corrected chi connectivity index (χ3v) is 2.66. The van der Waals surface area contributed by atoms with E-state index in [9.17, 15) is 14.2 Å². The second-order valence-electron chi connectivity index (χ2n) is 4.24. The first-order chi connectivity index (χ1) is 6.93. The second kappa shape index (κ2) is 6.87. The van der Waals surface area contributed by atoms with Crippen LogP contribution in [0.5, 0.6) is 0 Å². The van der Waals surface area contributed by atoms with E-state index in [1.54, 1.807) is 0 Å². The number of carboxylic acid groups (broad SMARTS) is 1. The number of rotatable bonds is 4. The van der Waals surface area contributed by atoms with Gasteiger partial charge in [-0.25, -0.2) is 0 Å². The quantitative estimate of drug-likeness (QED) is 0.366. The van der Waals surface area contributed by atoms with Crippen LogP contribution >= 0.6 is 7.60 Å². The molecule has 0 aliphatic heterocycles. The van der Waals surface area contributed by atoms with Gasteiger partial charge >= 0.3 is 49.1 Å². The van der Waals surface area contributed by atoms with Crippen molar-refractivity contribution < 1.29 is 33.8 Å². The van der Waals surface area contributed by atoms with Crippen molar-refractivity contribution in [2.24, 2.45) is 0 Å². The number of carbonyl (C=O) groups is 2. The Morgan fingerprint density at radius 3 is 1.94 bits per heavy atom. The van der Waals surface area contributed by atoms with E-state index in [0.717, 1.165) is 0 Å². The molecule has 0 spiro atoms. The molecule has 0 aliphatic carbocycles. The molecule has 3 N–H and O–H groups in total. The Morgan fingerprint density at radius 2 is 1.71 bits per heavy atom. The SMILES string of the molecule is CC(C)(C)OC(=O)C(CC(=O)O)P(=O)(O)O.[NaH]. The molecule has 0 aromatic carbocycles. The second-order valence-corrected chi connectivity index (χ2v) is 6.04. The predicted octanol–water partition coefficient (Wildman–Crippen LogP) is -0.299. The molecule has 0 saturated heterocycles. The normalized spacial score (nSPS) is 13.5. The fourth-order valence-electron chi connectivity index (χ4n) is 0.875. The van der Waals surface area contributed by atoms with Gasteiger partial charge in [-0.2, -0.15) is 0 Å². The van der Waals surface area contributed by atoms with Crippen molar-refractivity contribution >= 4 is 49.1 Å². The molecule has 17 heavy (non-hydrogen) atoms. The van der Waals surface area contributed by atoms with Crippen molar-refractivity contribution in [3.8, 4) is 0 Å². The molecule has 0 aromatic heterocycles. The van der Waals surface area contributed by atoms with Gasteiger partial charge in [-0.3, -0.25) is 14.2 Å². The van der Waals surface area contributed by atoms with Crippen LogP contribution in [0, 0.1) is 0 Å². The van der Waals surface area contributed by atoms with Gasteiger partial charge in [0, 0.05) is 0 Å². The molecule has 9 heteroatoms. The summed E-state index contributed by atoms with van der Waals surface area (Å²) in [5.41, 5.74) is -2.88. The van der Waals surface area contributed by atoms with Crippen LogP contribution in [-0.4, -0.2) is 67.6 Å². The Kier molecular flexibility index (Phi) is 7.85. The van der Waals surface area contributed by atoms with Crippen molar-refractivity contribution in [1.29, 1.82) is 0 Å². The Bertz CT molecular complexity index is 329. The van der Waals surface area contributed by atoms with E-state index in [-0.39, 0.29) is 29.6 Å². The van der Waals surface area contributed by atoms with E-state index in [1.165, 1.54) is 20.8 Å². The summed E-state index contributed by atoms with van der Waals surface area (Å²) < 4.78 is 15.7. The van der Waals surface area contributed by atoms with Crippen LogP contribution in [-0.2, 0) is 18.9 Å². The minimum absolute atomic E-state index is 0. The molecule has 1 unspecified atom stereocenters.